The Morgan fingerprint density at radius 3 is 2.58 bits per heavy atom. The fourth-order valence-corrected chi connectivity index (χ4v) is 3.65. The number of carboxylic acid groups (broad SMARTS) is 1. The summed E-state index contributed by atoms with van der Waals surface area (Å²) in [5.74, 6) is -0.485. The van der Waals surface area contributed by atoms with Gasteiger partial charge in [-0.15, -0.1) is 0 Å². The summed E-state index contributed by atoms with van der Waals surface area (Å²) in [4.78, 5) is 25.6. The van der Waals surface area contributed by atoms with Gasteiger partial charge in [0.15, 0.2) is 0 Å². The van der Waals surface area contributed by atoms with E-state index in [1.165, 1.54) is 5.56 Å². The molecule has 2 aliphatic rings. The summed E-state index contributed by atoms with van der Waals surface area (Å²) < 4.78 is 0. The van der Waals surface area contributed by atoms with Gasteiger partial charge in [-0.2, -0.15) is 0 Å². The quantitative estimate of drug-likeness (QED) is 0.872. The number of carbonyl (C=O) groups is 2. The van der Waals surface area contributed by atoms with E-state index in [9.17, 15) is 14.7 Å². The third kappa shape index (κ3) is 4.28. The lowest BCUT2D eigenvalue weighted by atomic mass is 9.91. The summed E-state index contributed by atoms with van der Waals surface area (Å²) in [6, 6.07) is 10.2. The van der Waals surface area contributed by atoms with Crippen LogP contribution in [-0.4, -0.2) is 41.1 Å². The van der Waals surface area contributed by atoms with Crippen molar-refractivity contribution in [3.8, 4) is 0 Å². The molecular weight excluding hydrogens is 304 g/mol. The SMILES string of the molecule is CC1CC(C(=O)O)CN(C(=O)NC(Cc2ccccc2)C2CC2)C1. The maximum atomic E-state index is 12.7. The van der Waals surface area contributed by atoms with Gasteiger partial charge in [0.25, 0.3) is 0 Å². The van der Waals surface area contributed by atoms with Crippen LogP contribution in [0.1, 0.15) is 31.7 Å². The fraction of sp³-hybridized carbons (Fsp3) is 0.579. The van der Waals surface area contributed by atoms with Crippen LogP contribution in [0.3, 0.4) is 0 Å². The number of likely N-dealkylation sites (tertiary alicyclic amines) is 1. The van der Waals surface area contributed by atoms with Crippen LogP contribution in [0.4, 0.5) is 4.79 Å². The van der Waals surface area contributed by atoms with Crippen LogP contribution in [0, 0.1) is 17.8 Å². The monoisotopic (exact) mass is 330 g/mol. The highest BCUT2D eigenvalue weighted by molar-refractivity contribution is 5.77. The van der Waals surface area contributed by atoms with Crippen molar-refractivity contribution in [3.63, 3.8) is 0 Å². The lowest BCUT2D eigenvalue weighted by Crippen LogP contribution is -2.52. The van der Waals surface area contributed by atoms with Crippen LogP contribution >= 0.6 is 0 Å². The van der Waals surface area contributed by atoms with Crippen molar-refractivity contribution in [2.45, 2.75) is 38.6 Å². The van der Waals surface area contributed by atoms with Crippen LogP contribution in [0.2, 0.25) is 0 Å². The van der Waals surface area contributed by atoms with Crippen molar-refractivity contribution in [3.05, 3.63) is 35.9 Å². The second kappa shape index (κ2) is 7.24. The number of benzene rings is 1. The average molecular weight is 330 g/mol. The molecule has 0 aromatic heterocycles. The lowest BCUT2D eigenvalue weighted by molar-refractivity contribution is -0.143. The summed E-state index contributed by atoms with van der Waals surface area (Å²) in [6.07, 6.45) is 3.80. The first-order chi connectivity index (χ1) is 11.5. The minimum absolute atomic E-state index is 0.111. The van der Waals surface area contributed by atoms with Crippen LogP contribution in [0.5, 0.6) is 0 Å². The lowest BCUT2D eigenvalue weighted by Gasteiger charge is -2.35. The van der Waals surface area contributed by atoms with Crippen molar-refractivity contribution < 1.29 is 14.7 Å². The second-order valence-corrected chi connectivity index (χ2v) is 7.36. The van der Waals surface area contributed by atoms with Gasteiger partial charge in [-0.1, -0.05) is 37.3 Å². The number of carboxylic acids is 1. The molecule has 24 heavy (non-hydrogen) atoms. The van der Waals surface area contributed by atoms with E-state index in [1.807, 2.05) is 25.1 Å². The molecule has 3 rings (SSSR count). The van der Waals surface area contributed by atoms with Crippen molar-refractivity contribution in [2.24, 2.45) is 17.8 Å². The Kier molecular flexibility index (Phi) is 5.07. The number of amides is 2. The number of aliphatic carboxylic acids is 1. The van der Waals surface area contributed by atoms with Crippen LogP contribution in [0.25, 0.3) is 0 Å². The van der Waals surface area contributed by atoms with Gasteiger partial charge < -0.3 is 15.3 Å². The van der Waals surface area contributed by atoms with E-state index in [0.29, 0.717) is 25.4 Å². The van der Waals surface area contributed by atoms with E-state index in [1.54, 1.807) is 4.90 Å². The molecule has 3 unspecified atom stereocenters. The molecule has 5 heteroatoms. The van der Waals surface area contributed by atoms with E-state index in [-0.39, 0.29) is 18.0 Å². The molecule has 1 heterocycles. The highest BCUT2D eigenvalue weighted by Gasteiger charge is 2.36. The number of piperidine rings is 1. The van der Waals surface area contributed by atoms with Crippen LogP contribution in [-0.2, 0) is 11.2 Å². The molecule has 0 bridgehead atoms. The molecule has 0 spiro atoms. The summed E-state index contributed by atoms with van der Waals surface area (Å²) in [7, 11) is 0. The zero-order valence-electron chi connectivity index (χ0n) is 14.1. The molecule has 0 radical (unpaired) electrons. The largest absolute Gasteiger partial charge is 0.481 e. The first-order valence-electron chi connectivity index (χ1n) is 8.85. The van der Waals surface area contributed by atoms with Gasteiger partial charge in [0.05, 0.1) is 5.92 Å². The second-order valence-electron chi connectivity index (χ2n) is 7.36. The summed E-state index contributed by atoms with van der Waals surface area (Å²) in [5, 5.41) is 12.4. The molecule has 1 aliphatic carbocycles. The number of urea groups is 1. The predicted octanol–water partition coefficient (Wildman–Crippen LogP) is 2.76. The summed E-state index contributed by atoms with van der Waals surface area (Å²) >= 11 is 0. The first kappa shape index (κ1) is 16.8. The van der Waals surface area contributed by atoms with Crippen molar-refractivity contribution in [1.29, 1.82) is 0 Å². The molecule has 2 N–H and O–H groups in total. The van der Waals surface area contributed by atoms with Gasteiger partial charge in [0.1, 0.15) is 0 Å². The third-order valence-corrected chi connectivity index (χ3v) is 5.09. The molecular formula is C19H26N2O3. The topological polar surface area (TPSA) is 69.6 Å². The zero-order valence-corrected chi connectivity index (χ0v) is 14.1. The number of rotatable bonds is 5. The smallest absolute Gasteiger partial charge is 0.317 e. The first-order valence-corrected chi connectivity index (χ1v) is 8.85. The maximum absolute atomic E-state index is 12.7. The van der Waals surface area contributed by atoms with Gasteiger partial charge in [-0.3, -0.25) is 4.79 Å². The average Bonchev–Trinajstić information content (AvgIpc) is 3.39. The Hall–Kier alpha value is -2.04. The van der Waals surface area contributed by atoms with Gasteiger partial charge in [-0.05, 0) is 43.1 Å². The molecule has 5 nitrogen and oxygen atoms in total. The standard InChI is InChI=1S/C19H26N2O3/c1-13-9-16(18(22)23)12-21(11-13)19(24)20-17(15-7-8-15)10-14-5-3-2-4-6-14/h2-6,13,15-17H,7-12H2,1H3,(H,20,24)(H,22,23). The van der Waals surface area contributed by atoms with Gasteiger partial charge in [0, 0.05) is 19.1 Å². The summed E-state index contributed by atoms with van der Waals surface area (Å²) in [6.45, 7) is 2.96. The molecule has 2 amide bonds. The number of hydrogen-bond acceptors (Lipinski definition) is 2. The van der Waals surface area contributed by atoms with Crippen LogP contribution < -0.4 is 5.32 Å². The van der Waals surface area contributed by atoms with Gasteiger partial charge >= 0.3 is 12.0 Å². The van der Waals surface area contributed by atoms with Gasteiger partial charge in [-0.25, -0.2) is 4.79 Å². The molecule has 1 aliphatic heterocycles. The molecule has 1 aromatic carbocycles. The molecule has 1 saturated carbocycles. The Balaban J connectivity index is 1.62. The molecule has 1 saturated heterocycles. The van der Waals surface area contributed by atoms with Crippen molar-refractivity contribution in [1.82, 2.24) is 10.2 Å². The predicted molar refractivity (Wildman–Crippen MR) is 91.7 cm³/mol. The molecule has 130 valence electrons. The van der Waals surface area contributed by atoms with E-state index in [2.05, 4.69) is 17.4 Å². The van der Waals surface area contributed by atoms with E-state index >= 15 is 0 Å². The molecule has 3 atom stereocenters. The van der Waals surface area contributed by atoms with E-state index in [0.717, 1.165) is 19.3 Å². The zero-order chi connectivity index (χ0) is 17.1. The number of carbonyl (C=O) groups excluding carboxylic acids is 1. The van der Waals surface area contributed by atoms with Crippen molar-refractivity contribution in [2.75, 3.05) is 13.1 Å². The number of nitrogens with one attached hydrogen (secondary N) is 1. The highest BCUT2D eigenvalue weighted by atomic mass is 16.4. The third-order valence-electron chi connectivity index (χ3n) is 5.09. The Bertz CT molecular complexity index is 586. The molecule has 1 aromatic rings. The number of nitrogens with zero attached hydrogens (tertiary/aromatic N) is 1. The minimum atomic E-state index is -0.803. The number of hydrogen-bond donors (Lipinski definition) is 2. The fourth-order valence-electron chi connectivity index (χ4n) is 3.65. The van der Waals surface area contributed by atoms with Crippen LogP contribution in [0.15, 0.2) is 30.3 Å². The highest BCUT2D eigenvalue weighted by Crippen LogP contribution is 2.34. The molecule has 2 fully saturated rings. The van der Waals surface area contributed by atoms with Gasteiger partial charge in [0.2, 0.25) is 0 Å². The van der Waals surface area contributed by atoms with E-state index < -0.39 is 11.9 Å². The Labute approximate surface area is 143 Å². The van der Waals surface area contributed by atoms with E-state index in [4.69, 9.17) is 0 Å². The van der Waals surface area contributed by atoms with Crippen molar-refractivity contribution >= 4 is 12.0 Å². The summed E-state index contributed by atoms with van der Waals surface area (Å²) in [5.41, 5.74) is 1.23. The Morgan fingerprint density at radius 1 is 1.25 bits per heavy atom. The minimum Gasteiger partial charge on any atom is -0.481 e. The maximum Gasteiger partial charge on any atom is 0.317 e. The Morgan fingerprint density at radius 2 is 1.96 bits per heavy atom. The normalized spacial score (nSPS) is 25.1.